The average molecular weight is 380 g/mol. The minimum atomic E-state index is -0.154. The molecule has 7 heteroatoms. The Labute approximate surface area is 163 Å². The number of carbonyl (C=O) groups is 2. The van der Waals surface area contributed by atoms with Gasteiger partial charge >= 0.3 is 0 Å². The first-order valence-corrected chi connectivity index (χ1v) is 9.50. The molecule has 2 aromatic heterocycles. The minimum absolute atomic E-state index is 0.0155. The summed E-state index contributed by atoms with van der Waals surface area (Å²) in [7, 11) is 3.40. The van der Waals surface area contributed by atoms with Crippen LogP contribution in [0, 0.1) is 6.92 Å². The van der Waals surface area contributed by atoms with Crippen molar-refractivity contribution in [3.63, 3.8) is 0 Å². The van der Waals surface area contributed by atoms with Crippen LogP contribution in [-0.2, 0) is 0 Å². The second-order valence-corrected chi connectivity index (χ2v) is 7.49. The number of para-hydroxylation sites is 1. The number of likely N-dealkylation sites (tertiary alicyclic amines) is 1. The van der Waals surface area contributed by atoms with Gasteiger partial charge in [0.05, 0.1) is 0 Å². The fourth-order valence-electron chi connectivity index (χ4n) is 3.69. The van der Waals surface area contributed by atoms with Gasteiger partial charge in [-0.25, -0.2) is 4.98 Å². The van der Waals surface area contributed by atoms with Crippen molar-refractivity contribution in [1.82, 2.24) is 19.8 Å². The Balaban J connectivity index is 1.44. The normalized spacial score (nSPS) is 15.2. The first-order chi connectivity index (χ1) is 13.4. The second kappa shape index (κ2) is 7.14. The van der Waals surface area contributed by atoms with Crippen molar-refractivity contribution in [3.8, 4) is 0 Å². The predicted molar refractivity (Wildman–Crippen MR) is 105 cm³/mol. The smallest absolute Gasteiger partial charge is 0.275 e. The summed E-state index contributed by atoms with van der Waals surface area (Å²) in [6.45, 7) is 3.04. The van der Waals surface area contributed by atoms with Gasteiger partial charge < -0.3 is 19.2 Å². The van der Waals surface area contributed by atoms with Crippen LogP contribution in [-0.4, -0.2) is 58.8 Å². The van der Waals surface area contributed by atoms with Gasteiger partial charge in [-0.2, -0.15) is 0 Å². The lowest BCUT2D eigenvalue weighted by Gasteiger charge is -2.30. The number of aromatic amines is 1. The molecular weight excluding hydrogens is 356 g/mol. The van der Waals surface area contributed by atoms with Crippen LogP contribution in [0.2, 0.25) is 0 Å². The maximum Gasteiger partial charge on any atom is 0.275 e. The van der Waals surface area contributed by atoms with Crippen LogP contribution in [0.5, 0.6) is 0 Å². The number of nitrogens with zero attached hydrogens (tertiary/aromatic N) is 3. The third-order valence-electron chi connectivity index (χ3n) is 5.31. The quantitative estimate of drug-likeness (QED) is 0.756. The fourth-order valence-corrected chi connectivity index (χ4v) is 3.69. The molecule has 3 heterocycles. The van der Waals surface area contributed by atoms with Crippen molar-refractivity contribution in [2.75, 3.05) is 27.2 Å². The van der Waals surface area contributed by atoms with Crippen LogP contribution in [0.4, 0.5) is 0 Å². The number of fused-ring (bicyclic) bond motifs is 1. The fraction of sp³-hybridized carbons (Fsp3) is 0.381. The number of hydrogen-bond donors (Lipinski definition) is 1. The number of amides is 2. The van der Waals surface area contributed by atoms with E-state index in [1.807, 2.05) is 35.2 Å². The monoisotopic (exact) mass is 380 g/mol. The highest BCUT2D eigenvalue weighted by Gasteiger charge is 2.29. The number of benzene rings is 1. The van der Waals surface area contributed by atoms with E-state index in [1.54, 1.807) is 21.0 Å². The molecule has 1 N–H and O–H groups in total. The maximum absolute atomic E-state index is 12.8. The number of carbonyl (C=O) groups excluding carboxylic acids is 2. The zero-order valence-corrected chi connectivity index (χ0v) is 16.4. The van der Waals surface area contributed by atoms with E-state index in [4.69, 9.17) is 4.42 Å². The van der Waals surface area contributed by atoms with E-state index in [0.29, 0.717) is 36.1 Å². The summed E-state index contributed by atoms with van der Waals surface area (Å²) in [6.07, 6.45) is 1.53. The zero-order chi connectivity index (χ0) is 19.8. The third kappa shape index (κ3) is 3.28. The van der Waals surface area contributed by atoms with E-state index in [0.717, 1.165) is 23.7 Å². The van der Waals surface area contributed by atoms with Gasteiger partial charge in [-0.05, 0) is 31.9 Å². The highest BCUT2D eigenvalue weighted by atomic mass is 16.4. The van der Waals surface area contributed by atoms with E-state index in [9.17, 15) is 9.59 Å². The van der Waals surface area contributed by atoms with E-state index < -0.39 is 0 Å². The molecule has 0 saturated carbocycles. The molecule has 28 heavy (non-hydrogen) atoms. The largest absolute Gasteiger partial charge is 0.445 e. The molecule has 7 nitrogen and oxygen atoms in total. The molecule has 3 aromatic rings. The Kier molecular flexibility index (Phi) is 4.66. The maximum atomic E-state index is 12.8. The Bertz CT molecular complexity index is 992. The molecule has 0 atom stereocenters. The molecule has 1 aliphatic heterocycles. The third-order valence-corrected chi connectivity index (χ3v) is 5.31. The lowest BCUT2D eigenvalue weighted by Crippen LogP contribution is -2.38. The standard InChI is InChI=1S/C21H24N4O3/c1-13-18(21(27)24(2)3)23-19(28-13)14-8-10-25(11-9-14)20(26)17-12-15-6-4-5-7-16(15)22-17/h4-7,12,14,22H,8-11H2,1-3H3. The summed E-state index contributed by atoms with van der Waals surface area (Å²) in [5.74, 6) is 1.13. The van der Waals surface area contributed by atoms with Crippen molar-refractivity contribution in [2.45, 2.75) is 25.7 Å². The zero-order valence-electron chi connectivity index (χ0n) is 16.4. The highest BCUT2D eigenvalue weighted by Crippen LogP contribution is 2.30. The van der Waals surface area contributed by atoms with E-state index in [-0.39, 0.29) is 17.7 Å². The van der Waals surface area contributed by atoms with Crippen molar-refractivity contribution in [3.05, 3.63) is 53.4 Å². The van der Waals surface area contributed by atoms with Crippen molar-refractivity contribution in [2.24, 2.45) is 0 Å². The van der Waals surface area contributed by atoms with Gasteiger partial charge in [0.1, 0.15) is 11.5 Å². The molecule has 0 radical (unpaired) electrons. The molecule has 1 fully saturated rings. The summed E-state index contributed by atoms with van der Waals surface area (Å²) in [5.41, 5.74) is 1.95. The van der Waals surface area contributed by atoms with E-state index in [1.165, 1.54) is 4.90 Å². The average Bonchev–Trinajstić information content (AvgIpc) is 3.30. The molecule has 146 valence electrons. The van der Waals surface area contributed by atoms with Gasteiger partial charge in [0.25, 0.3) is 11.8 Å². The molecule has 0 unspecified atom stereocenters. The van der Waals surface area contributed by atoms with E-state index in [2.05, 4.69) is 9.97 Å². The summed E-state index contributed by atoms with van der Waals surface area (Å²) in [4.78, 5) is 36.0. The lowest BCUT2D eigenvalue weighted by atomic mass is 9.96. The Hall–Kier alpha value is -3.09. The van der Waals surface area contributed by atoms with Crippen LogP contribution in [0.15, 0.2) is 34.7 Å². The number of nitrogens with one attached hydrogen (secondary N) is 1. The number of aryl methyl sites for hydroxylation is 1. The van der Waals surface area contributed by atoms with Crippen LogP contribution >= 0.6 is 0 Å². The van der Waals surface area contributed by atoms with E-state index >= 15 is 0 Å². The van der Waals surface area contributed by atoms with Crippen LogP contribution < -0.4 is 0 Å². The molecule has 1 aliphatic rings. The van der Waals surface area contributed by atoms with Gasteiger partial charge in [-0.15, -0.1) is 0 Å². The second-order valence-electron chi connectivity index (χ2n) is 7.49. The van der Waals surface area contributed by atoms with Gasteiger partial charge in [-0.1, -0.05) is 18.2 Å². The molecule has 4 rings (SSSR count). The van der Waals surface area contributed by atoms with Gasteiger partial charge in [0, 0.05) is 44.0 Å². The van der Waals surface area contributed by atoms with Crippen molar-refractivity contribution < 1.29 is 14.0 Å². The van der Waals surface area contributed by atoms with Gasteiger partial charge in [0.2, 0.25) is 0 Å². The molecule has 0 spiro atoms. The SMILES string of the molecule is Cc1oc(C2CCN(C(=O)c3cc4ccccc4[nH]3)CC2)nc1C(=O)N(C)C. The van der Waals surface area contributed by atoms with Gasteiger partial charge in [0.15, 0.2) is 11.6 Å². The number of oxazole rings is 1. The van der Waals surface area contributed by atoms with Crippen LogP contribution in [0.1, 0.15) is 51.4 Å². The number of rotatable bonds is 3. The number of piperidine rings is 1. The summed E-state index contributed by atoms with van der Waals surface area (Å²) >= 11 is 0. The Morgan fingerprint density at radius 2 is 1.93 bits per heavy atom. The highest BCUT2D eigenvalue weighted by molar-refractivity contribution is 5.98. The Morgan fingerprint density at radius 1 is 1.21 bits per heavy atom. The predicted octanol–water partition coefficient (Wildman–Crippen LogP) is 3.19. The van der Waals surface area contributed by atoms with Gasteiger partial charge in [-0.3, -0.25) is 9.59 Å². The summed E-state index contributed by atoms with van der Waals surface area (Å²) in [5, 5.41) is 1.04. The molecule has 0 bridgehead atoms. The van der Waals surface area contributed by atoms with Crippen LogP contribution in [0.3, 0.4) is 0 Å². The summed E-state index contributed by atoms with van der Waals surface area (Å²) in [6, 6.07) is 9.78. The Morgan fingerprint density at radius 3 is 2.61 bits per heavy atom. The molecule has 0 aliphatic carbocycles. The number of H-pyrrole nitrogens is 1. The molecule has 2 amide bonds. The topological polar surface area (TPSA) is 82.4 Å². The molecule has 1 saturated heterocycles. The first kappa shape index (κ1) is 18.3. The van der Waals surface area contributed by atoms with Crippen molar-refractivity contribution in [1.29, 1.82) is 0 Å². The van der Waals surface area contributed by atoms with Crippen LogP contribution in [0.25, 0.3) is 10.9 Å². The van der Waals surface area contributed by atoms with Crippen molar-refractivity contribution >= 4 is 22.7 Å². The molecular formula is C21H24N4O3. The summed E-state index contributed by atoms with van der Waals surface area (Å²) < 4.78 is 5.78. The first-order valence-electron chi connectivity index (χ1n) is 9.50. The minimum Gasteiger partial charge on any atom is -0.445 e. The number of hydrogen-bond acceptors (Lipinski definition) is 4. The molecule has 1 aromatic carbocycles. The lowest BCUT2D eigenvalue weighted by molar-refractivity contribution is 0.0701. The number of aromatic nitrogens is 2.